The van der Waals surface area contributed by atoms with Crippen molar-refractivity contribution in [1.29, 1.82) is 0 Å². The number of nitrogens with one attached hydrogen (secondary N) is 1. The predicted octanol–water partition coefficient (Wildman–Crippen LogP) is 5.88. The van der Waals surface area contributed by atoms with Crippen molar-refractivity contribution in [3.63, 3.8) is 0 Å². The van der Waals surface area contributed by atoms with E-state index >= 15 is 0 Å². The smallest absolute Gasteiger partial charge is 0.260 e. The maximum Gasteiger partial charge on any atom is 0.260 e. The molecule has 1 fully saturated rings. The molecule has 3 aromatic rings. The zero-order valence-corrected chi connectivity index (χ0v) is 18.6. The number of hydrogen-bond acceptors (Lipinski definition) is 4. The molecule has 0 unspecified atom stereocenters. The summed E-state index contributed by atoms with van der Waals surface area (Å²) in [5.41, 5.74) is 4.68. The van der Waals surface area contributed by atoms with Crippen LogP contribution in [0.2, 0.25) is 10.0 Å². The molecule has 3 aromatic carbocycles. The van der Waals surface area contributed by atoms with Crippen LogP contribution in [0.15, 0.2) is 60.7 Å². The van der Waals surface area contributed by atoms with Crippen LogP contribution in [0.3, 0.4) is 0 Å². The Kier molecular flexibility index (Phi) is 5.55. The SMILES string of the molecule is O=C1Nc2cc(Cl)c(-c3ccc(N4CCOCC4)cc3)cc2/C1=C(/O)c1cccc(Cl)c1. The van der Waals surface area contributed by atoms with Gasteiger partial charge in [-0.15, -0.1) is 0 Å². The van der Waals surface area contributed by atoms with Crippen LogP contribution in [0.1, 0.15) is 11.1 Å². The Labute approximate surface area is 195 Å². The maximum absolute atomic E-state index is 12.7. The number of ether oxygens (including phenoxy) is 1. The average Bonchev–Trinajstić information content (AvgIpc) is 3.13. The van der Waals surface area contributed by atoms with E-state index in [1.54, 1.807) is 30.3 Å². The number of aliphatic hydroxyl groups is 1. The molecule has 2 aliphatic rings. The Hall–Kier alpha value is -2.99. The molecule has 2 N–H and O–H groups in total. The van der Waals surface area contributed by atoms with Crippen LogP contribution < -0.4 is 10.2 Å². The van der Waals surface area contributed by atoms with E-state index in [-0.39, 0.29) is 17.2 Å². The lowest BCUT2D eigenvalue weighted by Gasteiger charge is -2.29. The monoisotopic (exact) mass is 466 g/mol. The first-order valence-electron chi connectivity index (χ1n) is 10.3. The van der Waals surface area contributed by atoms with Crippen molar-refractivity contribution >= 4 is 51.8 Å². The van der Waals surface area contributed by atoms with E-state index in [0.29, 0.717) is 26.9 Å². The average molecular weight is 467 g/mol. The van der Waals surface area contributed by atoms with E-state index in [2.05, 4.69) is 22.3 Å². The zero-order chi connectivity index (χ0) is 22.2. The van der Waals surface area contributed by atoms with Gasteiger partial charge in [0.25, 0.3) is 5.91 Å². The normalized spacial score (nSPS) is 17.2. The second-order valence-electron chi connectivity index (χ2n) is 7.71. The minimum Gasteiger partial charge on any atom is -0.506 e. The molecule has 2 aliphatic heterocycles. The van der Waals surface area contributed by atoms with Gasteiger partial charge in [0, 0.05) is 40.5 Å². The summed E-state index contributed by atoms with van der Waals surface area (Å²) in [6, 6.07) is 18.5. The Bertz CT molecular complexity index is 1230. The van der Waals surface area contributed by atoms with Crippen molar-refractivity contribution in [3.05, 3.63) is 81.8 Å². The molecule has 0 spiro atoms. The number of carbonyl (C=O) groups is 1. The van der Waals surface area contributed by atoms with E-state index in [4.69, 9.17) is 27.9 Å². The van der Waals surface area contributed by atoms with Crippen LogP contribution >= 0.6 is 23.2 Å². The third-order valence-corrected chi connectivity index (χ3v) is 6.29. The molecule has 2 heterocycles. The molecule has 32 heavy (non-hydrogen) atoms. The van der Waals surface area contributed by atoms with Crippen LogP contribution in [0.4, 0.5) is 11.4 Å². The quantitative estimate of drug-likeness (QED) is 0.373. The van der Waals surface area contributed by atoms with Gasteiger partial charge in [0.15, 0.2) is 0 Å². The van der Waals surface area contributed by atoms with Crippen molar-refractivity contribution in [1.82, 2.24) is 0 Å². The van der Waals surface area contributed by atoms with Gasteiger partial charge in [-0.3, -0.25) is 4.79 Å². The van der Waals surface area contributed by atoms with Gasteiger partial charge in [0.1, 0.15) is 5.76 Å². The maximum atomic E-state index is 12.7. The van der Waals surface area contributed by atoms with Crippen molar-refractivity contribution in [3.8, 4) is 11.1 Å². The Morgan fingerprint density at radius 3 is 2.44 bits per heavy atom. The fourth-order valence-corrected chi connectivity index (χ4v) is 4.56. The predicted molar refractivity (Wildman–Crippen MR) is 129 cm³/mol. The van der Waals surface area contributed by atoms with Gasteiger partial charge < -0.3 is 20.1 Å². The molecule has 1 saturated heterocycles. The lowest BCUT2D eigenvalue weighted by Crippen LogP contribution is -2.36. The van der Waals surface area contributed by atoms with Gasteiger partial charge in [-0.05, 0) is 42.0 Å². The minimum atomic E-state index is -0.381. The highest BCUT2D eigenvalue weighted by molar-refractivity contribution is 6.39. The zero-order valence-electron chi connectivity index (χ0n) is 17.1. The van der Waals surface area contributed by atoms with Crippen molar-refractivity contribution in [2.45, 2.75) is 0 Å². The lowest BCUT2D eigenvalue weighted by molar-refractivity contribution is -0.110. The molecule has 5 nitrogen and oxygen atoms in total. The van der Waals surface area contributed by atoms with Crippen LogP contribution in [0, 0.1) is 0 Å². The van der Waals surface area contributed by atoms with Crippen molar-refractivity contribution in [2.75, 3.05) is 36.5 Å². The standard InChI is InChI=1S/C25H20Cl2N2O3/c26-17-3-1-2-16(12-17)24(30)23-20-13-19(21(27)14-22(20)28-25(23)31)15-4-6-18(7-5-15)29-8-10-32-11-9-29/h1-7,12-14,30H,8-11H2,(H,28,31)/b24-23-. The summed E-state index contributed by atoms with van der Waals surface area (Å²) in [5, 5.41) is 14.7. The van der Waals surface area contributed by atoms with Crippen LogP contribution in [0.25, 0.3) is 22.5 Å². The van der Waals surface area contributed by atoms with Crippen LogP contribution in [-0.2, 0) is 9.53 Å². The second-order valence-corrected chi connectivity index (χ2v) is 8.56. The van der Waals surface area contributed by atoms with Crippen LogP contribution in [0.5, 0.6) is 0 Å². The molecule has 0 radical (unpaired) electrons. The fourth-order valence-electron chi connectivity index (χ4n) is 4.10. The van der Waals surface area contributed by atoms with Gasteiger partial charge in [-0.25, -0.2) is 0 Å². The third kappa shape index (κ3) is 3.84. The molecule has 0 aliphatic carbocycles. The largest absolute Gasteiger partial charge is 0.506 e. The molecular formula is C25H20Cl2N2O3. The molecule has 1 amide bonds. The highest BCUT2D eigenvalue weighted by Crippen LogP contribution is 2.42. The minimum absolute atomic E-state index is 0.125. The first kappa shape index (κ1) is 20.9. The number of amides is 1. The number of benzene rings is 3. The Morgan fingerprint density at radius 1 is 0.969 bits per heavy atom. The van der Waals surface area contributed by atoms with E-state index in [1.165, 1.54) is 0 Å². The molecule has 5 rings (SSSR count). The summed E-state index contributed by atoms with van der Waals surface area (Å²) in [6.45, 7) is 3.18. The van der Waals surface area contributed by atoms with E-state index in [1.807, 2.05) is 18.2 Å². The summed E-state index contributed by atoms with van der Waals surface area (Å²) < 4.78 is 5.42. The van der Waals surface area contributed by atoms with E-state index < -0.39 is 0 Å². The molecule has 0 aromatic heterocycles. The summed E-state index contributed by atoms with van der Waals surface area (Å²) >= 11 is 12.6. The number of carbonyl (C=O) groups excluding carboxylic acids is 1. The van der Waals surface area contributed by atoms with Gasteiger partial charge >= 0.3 is 0 Å². The summed E-state index contributed by atoms with van der Waals surface area (Å²) in [6.07, 6.45) is 0. The third-order valence-electron chi connectivity index (χ3n) is 5.74. The van der Waals surface area contributed by atoms with Gasteiger partial charge in [0.2, 0.25) is 0 Å². The Morgan fingerprint density at radius 2 is 1.72 bits per heavy atom. The first-order chi connectivity index (χ1) is 15.5. The number of morpholine rings is 1. The summed E-state index contributed by atoms with van der Waals surface area (Å²) in [5.74, 6) is -0.506. The number of aliphatic hydroxyl groups excluding tert-OH is 1. The number of hydrogen-bond donors (Lipinski definition) is 2. The highest BCUT2D eigenvalue weighted by atomic mass is 35.5. The number of halogens is 2. The van der Waals surface area contributed by atoms with Gasteiger partial charge in [0.05, 0.1) is 29.5 Å². The number of rotatable bonds is 3. The van der Waals surface area contributed by atoms with Gasteiger partial charge in [-0.2, -0.15) is 0 Å². The highest BCUT2D eigenvalue weighted by Gasteiger charge is 2.30. The molecule has 0 bridgehead atoms. The van der Waals surface area contributed by atoms with Crippen LogP contribution in [-0.4, -0.2) is 37.3 Å². The molecule has 7 heteroatoms. The second kappa shape index (κ2) is 8.51. The summed E-state index contributed by atoms with van der Waals surface area (Å²) in [7, 11) is 0. The topological polar surface area (TPSA) is 61.8 Å². The molecule has 0 saturated carbocycles. The lowest BCUT2D eigenvalue weighted by atomic mass is 9.97. The van der Waals surface area contributed by atoms with Gasteiger partial charge in [-0.1, -0.05) is 47.5 Å². The fraction of sp³-hybridized carbons (Fsp3) is 0.160. The molecule has 0 atom stereocenters. The summed E-state index contributed by atoms with van der Waals surface area (Å²) in [4.78, 5) is 15.0. The number of fused-ring (bicyclic) bond motifs is 1. The number of anilines is 2. The van der Waals surface area contributed by atoms with Crippen molar-refractivity contribution < 1.29 is 14.6 Å². The van der Waals surface area contributed by atoms with E-state index in [0.717, 1.165) is 43.1 Å². The van der Waals surface area contributed by atoms with Crippen molar-refractivity contribution in [2.24, 2.45) is 0 Å². The number of nitrogens with zero attached hydrogens (tertiary/aromatic N) is 1. The van der Waals surface area contributed by atoms with E-state index in [9.17, 15) is 9.90 Å². The molecular weight excluding hydrogens is 447 g/mol. The molecule has 162 valence electrons. The Balaban J connectivity index is 1.54. The first-order valence-corrected chi connectivity index (χ1v) is 11.0.